The summed E-state index contributed by atoms with van der Waals surface area (Å²) in [5.74, 6) is -0.919. The number of rotatable bonds is 7. The van der Waals surface area contributed by atoms with Crippen molar-refractivity contribution in [1.29, 1.82) is 0 Å². The zero-order chi connectivity index (χ0) is 18.6. The molecule has 1 aromatic carbocycles. The predicted octanol–water partition coefficient (Wildman–Crippen LogP) is 3.04. The zero-order valence-electron chi connectivity index (χ0n) is 13.0. The normalized spacial score (nSPS) is 16.0. The van der Waals surface area contributed by atoms with Crippen LogP contribution in [0.3, 0.4) is 0 Å². The summed E-state index contributed by atoms with van der Waals surface area (Å²) in [6.07, 6.45) is 1.64. The monoisotopic (exact) mass is 589 g/mol. The van der Waals surface area contributed by atoms with Gasteiger partial charge in [0.2, 0.25) is 0 Å². The molecule has 134 valence electrons. The SMILES string of the molecule is COCCN1C(=O)S/C(=C/c2cc(I)c(OCC(=O)O)c(I)c2)C1=O. The number of nitrogens with zero attached hydrogens (tertiary/aromatic N) is 1. The van der Waals surface area contributed by atoms with Crippen LogP contribution < -0.4 is 4.74 Å². The number of benzene rings is 1. The molecule has 1 saturated heterocycles. The molecule has 1 heterocycles. The minimum atomic E-state index is -1.06. The van der Waals surface area contributed by atoms with Crippen molar-refractivity contribution in [3.05, 3.63) is 29.7 Å². The number of methoxy groups -OCH3 is 1. The van der Waals surface area contributed by atoms with Gasteiger partial charge in [-0.1, -0.05) is 0 Å². The standard InChI is InChI=1S/C15H13I2NO6S/c1-23-3-2-18-14(21)11(25-15(18)22)6-8-4-9(16)13(10(17)5-8)24-7-12(19)20/h4-6H,2-3,7H2,1H3,(H,19,20)/b11-6+. The summed E-state index contributed by atoms with van der Waals surface area (Å²) in [6.45, 7) is 0.0794. The Kier molecular flexibility index (Phi) is 7.51. The third kappa shape index (κ3) is 5.31. The first-order chi connectivity index (χ1) is 11.8. The van der Waals surface area contributed by atoms with Crippen LogP contribution in [-0.4, -0.2) is 54.0 Å². The number of carbonyl (C=O) groups excluding carboxylic acids is 2. The van der Waals surface area contributed by atoms with Crippen LogP contribution in [0.2, 0.25) is 0 Å². The van der Waals surface area contributed by atoms with Crippen molar-refractivity contribution >= 4 is 80.1 Å². The van der Waals surface area contributed by atoms with Gasteiger partial charge >= 0.3 is 5.97 Å². The van der Waals surface area contributed by atoms with Crippen LogP contribution in [0.25, 0.3) is 6.08 Å². The molecule has 0 bridgehead atoms. The topological polar surface area (TPSA) is 93.1 Å². The fourth-order valence-electron chi connectivity index (χ4n) is 1.96. The van der Waals surface area contributed by atoms with E-state index in [1.54, 1.807) is 18.2 Å². The first-order valence-electron chi connectivity index (χ1n) is 6.91. The maximum Gasteiger partial charge on any atom is 0.341 e. The van der Waals surface area contributed by atoms with Gasteiger partial charge in [0.15, 0.2) is 6.61 Å². The summed E-state index contributed by atoms with van der Waals surface area (Å²) in [7, 11) is 1.51. The van der Waals surface area contributed by atoms with E-state index < -0.39 is 12.6 Å². The molecule has 1 aliphatic rings. The lowest BCUT2D eigenvalue weighted by Gasteiger charge is -2.11. The van der Waals surface area contributed by atoms with Crippen molar-refractivity contribution in [3.63, 3.8) is 0 Å². The summed E-state index contributed by atoms with van der Waals surface area (Å²) >= 11 is 4.96. The van der Waals surface area contributed by atoms with Crippen molar-refractivity contribution in [2.24, 2.45) is 0 Å². The summed E-state index contributed by atoms with van der Waals surface area (Å²) in [5.41, 5.74) is 0.730. The number of imide groups is 1. The van der Waals surface area contributed by atoms with Gasteiger partial charge in [-0.3, -0.25) is 14.5 Å². The molecular weight excluding hydrogens is 576 g/mol. The van der Waals surface area contributed by atoms with Crippen molar-refractivity contribution in [1.82, 2.24) is 4.90 Å². The van der Waals surface area contributed by atoms with Gasteiger partial charge in [0.25, 0.3) is 11.1 Å². The van der Waals surface area contributed by atoms with Crippen LogP contribution in [0.15, 0.2) is 17.0 Å². The molecule has 0 aliphatic carbocycles. The number of carboxylic acid groups (broad SMARTS) is 1. The average molecular weight is 589 g/mol. The predicted molar refractivity (Wildman–Crippen MR) is 110 cm³/mol. The Morgan fingerprint density at radius 3 is 2.52 bits per heavy atom. The molecule has 1 fully saturated rings. The second kappa shape index (κ2) is 9.19. The van der Waals surface area contributed by atoms with Crippen molar-refractivity contribution < 1.29 is 29.0 Å². The van der Waals surface area contributed by atoms with Gasteiger partial charge in [-0.05, 0) is 80.7 Å². The molecule has 1 N–H and O–H groups in total. The van der Waals surface area contributed by atoms with E-state index in [4.69, 9.17) is 14.6 Å². The highest BCUT2D eigenvalue weighted by atomic mass is 127. The van der Waals surface area contributed by atoms with E-state index in [0.29, 0.717) is 10.7 Å². The lowest BCUT2D eigenvalue weighted by Crippen LogP contribution is -2.31. The lowest BCUT2D eigenvalue weighted by atomic mass is 10.2. The van der Waals surface area contributed by atoms with E-state index in [1.807, 2.05) is 45.2 Å². The third-order valence-electron chi connectivity index (χ3n) is 3.05. The molecule has 1 aromatic rings. The van der Waals surface area contributed by atoms with Gasteiger partial charge in [-0.2, -0.15) is 0 Å². The smallest absolute Gasteiger partial charge is 0.341 e. The molecule has 0 aromatic heterocycles. The molecule has 0 spiro atoms. The maximum absolute atomic E-state index is 12.3. The number of halogens is 2. The van der Waals surface area contributed by atoms with Crippen LogP contribution >= 0.6 is 56.9 Å². The highest BCUT2D eigenvalue weighted by Crippen LogP contribution is 2.34. The third-order valence-corrected chi connectivity index (χ3v) is 5.56. The first kappa shape index (κ1) is 20.5. The van der Waals surface area contributed by atoms with Crippen molar-refractivity contribution in [2.45, 2.75) is 0 Å². The number of hydrogen-bond acceptors (Lipinski definition) is 6. The molecule has 0 atom stereocenters. The summed E-state index contributed by atoms with van der Waals surface area (Å²) in [6, 6.07) is 3.53. The van der Waals surface area contributed by atoms with E-state index in [2.05, 4.69) is 0 Å². The minimum Gasteiger partial charge on any atom is -0.480 e. The number of ether oxygens (including phenoxy) is 2. The molecule has 10 heteroatoms. The molecule has 7 nitrogen and oxygen atoms in total. The summed E-state index contributed by atoms with van der Waals surface area (Å²) < 4.78 is 11.6. The van der Waals surface area contributed by atoms with E-state index in [9.17, 15) is 14.4 Å². The van der Waals surface area contributed by atoms with Gasteiger partial charge in [0.05, 0.1) is 25.2 Å². The van der Waals surface area contributed by atoms with Gasteiger partial charge in [0, 0.05) is 7.11 Å². The van der Waals surface area contributed by atoms with Crippen molar-refractivity contribution in [3.8, 4) is 5.75 Å². The number of thioether (sulfide) groups is 1. The molecular formula is C15H13I2NO6S. The Morgan fingerprint density at radius 2 is 1.96 bits per heavy atom. The maximum atomic E-state index is 12.3. The van der Waals surface area contributed by atoms with E-state index in [0.717, 1.165) is 29.4 Å². The van der Waals surface area contributed by atoms with Crippen LogP contribution in [0.4, 0.5) is 4.79 Å². The molecule has 0 saturated carbocycles. The van der Waals surface area contributed by atoms with Gasteiger partial charge in [-0.25, -0.2) is 4.79 Å². The van der Waals surface area contributed by atoms with E-state index in [1.165, 1.54) is 7.11 Å². The molecule has 25 heavy (non-hydrogen) atoms. The number of hydrogen-bond donors (Lipinski definition) is 1. The van der Waals surface area contributed by atoms with Gasteiger partial charge < -0.3 is 14.6 Å². The summed E-state index contributed by atoms with van der Waals surface area (Å²) in [5, 5.41) is 8.40. The largest absolute Gasteiger partial charge is 0.480 e. The highest BCUT2D eigenvalue weighted by molar-refractivity contribution is 14.1. The van der Waals surface area contributed by atoms with Crippen LogP contribution in [0.5, 0.6) is 5.75 Å². The zero-order valence-corrected chi connectivity index (χ0v) is 18.1. The van der Waals surface area contributed by atoms with E-state index >= 15 is 0 Å². The second-order valence-corrected chi connectivity index (χ2v) is 8.14. The minimum absolute atomic E-state index is 0.218. The lowest BCUT2D eigenvalue weighted by molar-refractivity contribution is -0.139. The Labute approximate surface area is 175 Å². The van der Waals surface area contributed by atoms with Gasteiger partial charge in [-0.15, -0.1) is 0 Å². The average Bonchev–Trinajstić information content (AvgIpc) is 2.78. The summed E-state index contributed by atoms with van der Waals surface area (Å²) in [4.78, 5) is 36.4. The first-order valence-corrected chi connectivity index (χ1v) is 9.88. The van der Waals surface area contributed by atoms with Crippen LogP contribution in [-0.2, 0) is 14.3 Å². The molecule has 2 rings (SSSR count). The fraction of sp³-hybridized carbons (Fsp3) is 0.267. The van der Waals surface area contributed by atoms with Crippen molar-refractivity contribution in [2.75, 3.05) is 26.9 Å². The Hall–Kier alpha value is -0.860. The quantitative estimate of drug-likeness (QED) is 0.387. The second-order valence-electron chi connectivity index (χ2n) is 4.82. The molecule has 0 unspecified atom stereocenters. The van der Waals surface area contributed by atoms with Crippen LogP contribution in [0.1, 0.15) is 5.56 Å². The fourth-order valence-corrected chi connectivity index (χ4v) is 4.95. The van der Waals surface area contributed by atoms with Gasteiger partial charge in [0.1, 0.15) is 5.75 Å². The Morgan fingerprint density at radius 1 is 1.32 bits per heavy atom. The molecule has 0 radical (unpaired) electrons. The molecule has 2 amide bonds. The number of aliphatic carboxylic acids is 1. The number of amides is 2. The Bertz CT molecular complexity index is 729. The number of carbonyl (C=O) groups is 3. The highest BCUT2D eigenvalue weighted by Gasteiger charge is 2.34. The number of carboxylic acids is 1. The van der Waals surface area contributed by atoms with E-state index in [-0.39, 0.29) is 24.3 Å². The van der Waals surface area contributed by atoms with Crippen LogP contribution in [0, 0.1) is 7.14 Å². The Balaban J connectivity index is 2.22. The molecule has 1 aliphatic heterocycles.